The molecule has 0 aliphatic carbocycles. The average Bonchev–Trinajstić information content (AvgIpc) is 2.72. The lowest BCUT2D eigenvalue weighted by Gasteiger charge is -2.10. The number of benzene rings is 3. The quantitative estimate of drug-likeness (QED) is 0.578. The molecule has 0 bridgehead atoms. The molecule has 2 amide bonds. The molecule has 0 aromatic heterocycles. The highest BCUT2D eigenvalue weighted by Crippen LogP contribution is 2.25. The van der Waals surface area contributed by atoms with Crippen LogP contribution in [0, 0.1) is 0 Å². The lowest BCUT2D eigenvalue weighted by Crippen LogP contribution is -2.13. The summed E-state index contributed by atoms with van der Waals surface area (Å²) in [7, 11) is 1.30. The van der Waals surface area contributed by atoms with Gasteiger partial charge in [-0.2, -0.15) is 0 Å². The van der Waals surface area contributed by atoms with Crippen LogP contribution in [-0.2, 0) is 9.53 Å². The zero-order chi connectivity index (χ0) is 19.8. The Balaban J connectivity index is 1.44. The molecule has 0 aliphatic heterocycles. The van der Waals surface area contributed by atoms with E-state index in [1.165, 1.54) is 7.11 Å². The summed E-state index contributed by atoms with van der Waals surface area (Å²) in [5.41, 5.74) is 1.25. The van der Waals surface area contributed by atoms with Gasteiger partial charge in [-0.3, -0.25) is 10.1 Å². The SMILES string of the molecule is COC(=O)Nc1ccc(NC(=O)CCCOc2cccc3ccccc23)cc1. The van der Waals surface area contributed by atoms with Crippen molar-refractivity contribution in [3.8, 4) is 5.75 Å². The van der Waals surface area contributed by atoms with Gasteiger partial charge in [-0.25, -0.2) is 4.79 Å². The number of methoxy groups -OCH3 is 1. The van der Waals surface area contributed by atoms with Gasteiger partial charge in [-0.15, -0.1) is 0 Å². The molecule has 0 heterocycles. The van der Waals surface area contributed by atoms with Crippen molar-refractivity contribution >= 4 is 34.1 Å². The van der Waals surface area contributed by atoms with Gasteiger partial charge < -0.3 is 14.8 Å². The lowest BCUT2D eigenvalue weighted by atomic mass is 10.1. The van der Waals surface area contributed by atoms with Crippen LogP contribution in [0.1, 0.15) is 12.8 Å². The molecule has 3 aromatic carbocycles. The van der Waals surface area contributed by atoms with Crippen molar-refractivity contribution in [1.82, 2.24) is 0 Å². The zero-order valence-electron chi connectivity index (χ0n) is 15.6. The van der Waals surface area contributed by atoms with Crippen molar-refractivity contribution in [3.63, 3.8) is 0 Å². The number of carbonyl (C=O) groups excluding carboxylic acids is 2. The van der Waals surface area contributed by atoms with Gasteiger partial charge in [0.1, 0.15) is 5.75 Å². The average molecular weight is 378 g/mol. The van der Waals surface area contributed by atoms with E-state index in [9.17, 15) is 9.59 Å². The summed E-state index contributed by atoms with van der Waals surface area (Å²) in [6, 6.07) is 20.8. The molecular weight excluding hydrogens is 356 g/mol. The molecular formula is C22H22N2O4. The second kappa shape index (κ2) is 9.41. The van der Waals surface area contributed by atoms with Crippen LogP contribution < -0.4 is 15.4 Å². The Morgan fingerprint density at radius 1 is 0.857 bits per heavy atom. The number of fused-ring (bicyclic) bond motifs is 1. The van der Waals surface area contributed by atoms with E-state index in [1.807, 2.05) is 42.5 Å². The third-order valence-corrected chi connectivity index (χ3v) is 4.16. The summed E-state index contributed by atoms with van der Waals surface area (Å²) in [5, 5.41) is 7.57. The maximum absolute atomic E-state index is 12.1. The Labute approximate surface area is 163 Å². The Morgan fingerprint density at radius 2 is 1.54 bits per heavy atom. The van der Waals surface area contributed by atoms with Crippen molar-refractivity contribution < 1.29 is 19.1 Å². The molecule has 3 aromatic rings. The van der Waals surface area contributed by atoms with Crippen LogP contribution in [0.25, 0.3) is 10.8 Å². The van der Waals surface area contributed by atoms with Crippen LogP contribution in [0.5, 0.6) is 5.75 Å². The Bertz CT molecular complexity index is 949. The monoisotopic (exact) mass is 378 g/mol. The van der Waals surface area contributed by atoms with Gasteiger partial charge in [-0.1, -0.05) is 36.4 Å². The summed E-state index contributed by atoms with van der Waals surface area (Å²) < 4.78 is 10.4. The van der Waals surface area contributed by atoms with Crippen molar-refractivity contribution in [2.75, 3.05) is 24.4 Å². The van der Waals surface area contributed by atoms with Crippen LogP contribution in [-0.4, -0.2) is 25.7 Å². The maximum Gasteiger partial charge on any atom is 0.411 e. The smallest absolute Gasteiger partial charge is 0.411 e. The number of carbonyl (C=O) groups is 2. The van der Waals surface area contributed by atoms with Crippen molar-refractivity contribution in [1.29, 1.82) is 0 Å². The molecule has 6 heteroatoms. The minimum atomic E-state index is -0.539. The third kappa shape index (κ3) is 5.23. The Hall–Kier alpha value is -3.54. The molecule has 2 N–H and O–H groups in total. The van der Waals surface area contributed by atoms with Gasteiger partial charge in [0.15, 0.2) is 0 Å². The molecule has 0 fully saturated rings. The summed E-state index contributed by atoms with van der Waals surface area (Å²) in [4.78, 5) is 23.2. The number of rotatable bonds is 7. The highest BCUT2D eigenvalue weighted by molar-refractivity contribution is 5.91. The molecule has 0 spiro atoms. The topological polar surface area (TPSA) is 76.7 Å². The highest BCUT2D eigenvalue weighted by Gasteiger charge is 2.05. The number of ether oxygens (including phenoxy) is 2. The molecule has 0 unspecified atom stereocenters. The second-order valence-corrected chi connectivity index (χ2v) is 6.17. The van der Waals surface area contributed by atoms with Crippen LogP contribution in [0.3, 0.4) is 0 Å². The molecule has 28 heavy (non-hydrogen) atoms. The molecule has 144 valence electrons. The largest absolute Gasteiger partial charge is 0.493 e. The maximum atomic E-state index is 12.1. The van der Waals surface area contributed by atoms with Gasteiger partial charge in [0, 0.05) is 23.2 Å². The van der Waals surface area contributed by atoms with E-state index in [4.69, 9.17) is 4.74 Å². The number of hydrogen-bond donors (Lipinski definition) is 2. The summed E-state index contributed by atoms with van der Waals surface area (Å²) >= 11 is 0. The van der Waals surface area contributed by atoms with Crippen molar-refractivity contribution in [2.45, 2.75) is 12.8 Å². The molecule has 0 radical (unpaired) electrons. The number of amides is 2. The lowest BCUT2D eigenvalue weighted by molar-refractivity contribution is -0.116. The molecule has 3 rings (SSSR count). The third-order valence-electron chi connectivity index (χ3n) is 4.16. The van der Waals surface area contributed by atoms with E-state index in [-0.39, 0.29) is 5.91 Å². The number of nitrogens with one attached hydrogen (secondary N) is 2. The first-order valence-electron chi connectivity index (χ1n) is 9.01. The first-order valence-corrected chi connectivity index (χ1v) is 9.01. The van der Waals surface area contributed by atoms with E-state index in [0.717, 1.165) is 16.5 Å². The van der Waals surface area contributed by atoms with E-state index in [2.05, 4.69) is 15.4 Å². The minimum Gasteiger partial charge on any atom is -0.493 e. The van der Waals surface area contributed by atoms with Crippen molar-refractivity contribution in [2.24, 2.45) is 0 Å². The van der Waals surface area contributed by atoms with E-state index in [0.29, 0.717) is 30.8 Å². The van der Waals surface area contributed by atoms with Crippen LogP contribution in [0.15, 0.2) is 66.7 Å². The standard InChI is InChI=1S/C22H22N2O4/c1-27-22(26)24-18-13-11-17(12-14-18)23-21(25)10-5-15-28-20-9-4-7-16-6-2-3-8-19(16)20/h2-4,6-9,11-14H,5,10,15H2,1H3,(H,23,25)(H,24,26). The molecule has 0 atom stereocenters. The van der Waals surface area contributed by atoms with Gasteiger partial charge in [0.05, 0.1) is 13.7 Å². The fourth-order valence-corrected chi connectivity index (χ4v) is 2.77. The first-order chi connectivity index (χ1) is 13.7. The van der Waals surface area contributed by atoms with E-state index in [1.54, 1.807) is 24.3 Å². The summed E-state index contributed by atoms with van der Waals surface area (Å²) in [6.07, 6.45) is 0.423. The predicted octanol–water partition coefficient (Wildman–Crippen LogP) is 4.82. The van der Waals surface area contributed by atoms with Crippen LogP contribution >= 0.6 is 0 Å². The number of hydrogen-bond acceptors (Lipinski definition) is 4. The number of anilines is 2. The van der Waals surface area contributed by atoms with Crippen LogP contribution in [0.2, 0.25) is 0 Å². The normalized spacial score (nSPS) is 10.3. The van der Waals surface area contributed by atoms with E-state index >= 15 is 0 Å². The minimum absolute atomic E-state index is 0.0878. The molecule has 0 saturated heterocycles. The summed E-state index contributed by atoms with van der Waals surface area (Å²) in [5.74, 6) is 0.738. The molecule has 6 nitrogen and oxygen atoms in total. The fourth-order valence-electron chi connectivity index (χ4n) is 2.77. The van der Waals surface area contributed by atoms with Gasteiger partial charge in [0.25, 0.3) is 0 Å². The van der Waals surface area contributed by atoms with Crippen LogP contribution in [0.4, 0.5) is 16.2 Å². The molecule has 0 aliphatic rings. The molecule has 0 saturated carbocycles. The predicted molar refractivity (Wildman–Crippen MR) is 110 cm³/mol. The zero-order valence-corrected chi connectivity index (χ0v) is 15.6. The Morgan fingerprint density at radius 3 is 2.29 bits per heavy atom. The summed E-state index contributed by atoms with van der Waals surface area (Å²) in [6.45, 7) is 0.462. The highest BCUT2D eigenvalue weighted by atomic mass is 16.5. The van der Waals surface area contributed by atoms with Gasteiger partial charge in [0.2, 0.25) is 5.91 Å². The van der Waals surface area contributed by atoms with Gasteiger partial charge >= 0.3 is 6.09 Å². The second-order valence-electron chi connectivity index (χ2n) is 6.17. The fraction of sp³-hybridized carbons (Fsp3) is 0.182. The first kappa shape index (κ1) is 19.2. The van der Waals surface area contributed by atoms with E-state index < -0.39 is 6.09 Å². The van der Waals surface area contributed by atoms with Gasteiger partial charge in [-0.05, 0) is 42.1 Å². The Kier molecular flexibility index (Phi) is 6.46. The van der Waals surface area contributed by atoms with Crippen molar-refractivity contribution in [3.05, 3.63) is 66.7 Å².